The third-order valence-electron chi connectivity index (χ3n) is 5.43. The lowest BCUT2D eigenvalue weighted by molar-refractivity contribution is -0.132. The number of para-hydroxylation sites is 1. The zero-order chi connectivity index (χ0) is 20.9. The molecule has 1 aliphatic rings. The highest BCUT2D eigenvalue weighted by molar-refractivity contribution is 9.10. The summed E-state index contributed by atoms with van der Waals surface area (Å²) in [6.45, 7) is 3.54. The first kappa shape index (κ1) is 21.2. The van der Waals surface area contributed by atoms with E-state index < -0.39 is 5.41 Å². The van der Waals surface area contributed by atoms with Crippen LogP contribution in [0.1, 0.15) is 25.3 Å². The average Bonchev–Trinajstić information content (AvgIpc) is 2.74. The lowest BCUT2D eigenvalue weighted by Crippen LogP contribution is -2.49. The number of piperidine rings is 1. The maximum atomic E-state index is 12.8. The predicted octanol–water partition coefficient (Wildman–Crippen LogP) is 4.41. The molecule has 1 fully saturated rings. The zero-order valence-corrected chi connectivity index (χ0v) is 18.3. The first-order valence-electron chi connectivity index (χ1n) is 9.63. The van der Waals surface area contributed by atoms with Crippen LogP contribution in [0, 0.1) is 5.41 Å². The van der Waals surface area contributed by atoms with Crippen LogP contribution in [0.5, 0.6) is 5.75 Å². The summed E-state index contributed by atoms with van der Waals surface area (Å²) in [5.41, 5.74) is 1.28. The van der Waals surface area contributed by atoms with Crippen LogP contribution >= 0.6 is 15.9 Å². The second-order valence-corrected chi connectivity index (χ2v) is 8.34. The number of carbonyl (C=O) groups is 2. The fourth-order valence-electron chi connectivity index (χ4n) is 3.33. The summed E-state index contributed by atoms with van der Waals surface area (Å²) >= 11 is 3.44. The lowest BCUT2D eigenvalue weighted by atomic mass is 9.79. The molecular formula is C22H26BrN3O3. The molecule has 0 atom stereocenters. The predicted molar refractivity (Wildman–Crippen MR) is 117 cm³/mol. The number of hydrogen-bond acceptors (Lipinski definition) is 3. The number of ether oxygens (including phenoxy) is 1. The van der Waals surface area contributed by atoms with Crippen LogP contribution in [0.15, 0.2) is 53.0 Å². The van der Waals surface area contributed by atoms with Crippen molar-refractivity contribution in [3.8, 4) is 5.75 Å². The number of anilines is 1. The summed E-state index contributed by atoms with van der Waals surface area (Å²) in [7, 11) is 1.63. The average molecular weight is 460 g/mol. The van der Waals surface area contributed by atoms with E-state index in [0.717, 1.165) is 21.5 Å². The Balaban J connectivity index is 1.50. The van der Waals surface area contributed by atoms with E-state index in [0.29, 0.717) is 32.5 Å². The second-order valence-electron chi connectivity index (χ2n) is 7.49. The highest BCUT2D eigenvalue weighted by atomic mass is 79.9. The van der Waals surface area contributed by atoms with E-state index in [2.05, 4.69) is 26.6 Å². The number of urea groups is 1. The molecule has 1 saturated heterocycles. The Morgan fingerprint density at radius 3 is 2.38 bits per heavy atom. The number of nitrogens with zero attached hydrogens (tertiary/aromatic N) is 1. The van der Waals surface area contributed by atoms with Crippen molar-refractivity contribution in [3.63, 3.8) is 0 Å². The third-order valence-corrected chi connectivity index (χ3v) is 6.12. The molecule has 29 heavy (non-hydrogen) atoms. The number of amides is 3. The summed E-state index contributed by atoms with van der Waals surface area (Å²) in [4.78, 5) is 27.1. The van der Waals surface area contributed by atoms with Gasteiger partial charge in [0.25, 0.3) is 0 Å². The van der Waals surface area contributed by atoms with Gasteiger partial charge in [-0.2, -0.15) is 0 Å². The van der Waals surface area contributed by atoms with Gasteiger partial charge in [-0.1, -0.05) is 31.2 Å². The van der Waals surface area contributed by atoms with Gasteiger partial charge in [-0.15, -0.1) is 0 Å². The van der Waals surface area contributed by atoms with Crippen molar-refractivity contribution in [1.29, 1.82) is 0 Å². The highest BCUT2D eigenvalue weighted by Crippen LogP contribution is 2.32. The summed E-state index contributed by atoms with van der Waals surface area (Å²) in [5.74, 6) is 0.819. The third kappa shape index (κ3) is 5.29. The van der Waals surface area contributed by atoms with E-state index in [1.54, 1.807) is 12.0 Å². The van der Waals surface area contributed by atoms with Gasteiger partial charge in [-0.3, -0.25) is 4.79 Å². The minimum absolute atomic E-state index is 0.0270. The molecule has 0 aliphatic carbocycles. The quantitative estimate of drug-likeness (QED) is 0.695. The van der Waals surface area contributed by atoms with Gasteiger partial charge in [0.15, 0.2) is 0 Å². The van der Waals surface area contributed by atoms with Crippen molar-refractivity contribution in [1.82, 2.24) is 10.2 Å². The maximum Gasteiger partial charge on any atom is 0.321 e. The second kappa shape index (κ2) is 9.31. The van der Waals surface area contributed by atoms with Crippen molar-refractivity contribution in [2.75, 3.05) is 25.5 Å². The van der Waals surface area contributed by atoms with Crippen LogP contribution in [0.25, 0.3) is 0 Å². The Morgan fingerprint density at radius 2 is 1.76 bits per heavy atom. The van der Waals surface area contributed by atoms with Gasteiger partial charge in [0.2, 0.25) is 5.91 Å². The van der Waals surface area contributed by atoms with E-state index in [1.165, 1.54) is 0 Å². The smallest absolute Gasteiger partial charge is 0.321 e. The number of benzene rings is 2. The van der Waals surface area contributed by atoms with E-state index in [1.807, 2.05) is 55.5 Å². The Hall–Kier alpha value is -2.54. The molecule has 7 heteroatoms. The summed E-state index contributed by atoms with van der Waals surface area (Å²) in [5, 5.41) is 5.95. The minimum Gasteiger partial charge on any atom is -0.497 e. The van der Waals surface area contributed by atoms with Crippen LogP contribution in [0.2, 0.25) is 0 Å². The van der Waals surface area contributed by atoms with Gasteiger partial charge in [-0.05, 0) is 58.6 Å². The summed E-state index contributed by atoms with van der Waals surface area (Å²) in [6, 6.07) is 15.0. The minimum atomic E-state index is -0.476. The first-order chi connectivity index (χ1) is 13.9. The van der Waals surface area contributed by atoms with E-state index >= 15 is 0 Å². The van der Waals surface area contributed by atoms with Gasteiger partial charge in [0.05, 0.1) is 12.8 Å². The Bertz CT molecular complexity index is 862. The molecule has 1 heterocycles. The summed E-state index contributed by atoms with van der Waals surface area (Å²) < 4.78 is 5.99. The standard InChI is InChI=1S/C22H26BrN3O3/c1-22(20(27)24-15-16-7-9-17(29-2)10-8-16)11-13-26(14-12-22)21(28)25-19-6-4-3-5-18(19)23/h3-10H,11-15H2,1-2H3,(H,24,27)(H,25,28). The van der Waals surface area contributed by atoms with Gasteiger partial charge < -0.3 is 20.3 Å². The molecule has 0 spiro atoms. The van der Waals surface area contributed by atoms with Crippen LogP contribution in [0.4, 0.5) is 10.5 Å². The number of nitrogens with one attached hydrogen (secondary N) is 2. The molecular weight excluding hydrogens is 434 g/mol. The summed E-state index contributed by atoms with van der Waals surface area (Å²) in [6.07, 6.45) is 1.26. The molecule has 0 radical (unpaired) electrons. The van der Waals surface area contributed by atoms with Gasteiger partial charge in [0, 0.05) is 29.5 Å². The Labute approximate surface area is 179 Å². The van der Waals surface area contributed by atoms with Crippen LogP contribution < -0.4 is 15.4 Å². The molecule has 2 aromatic carbocycles. The highest BCUT2D eigenvalue weighted by Gasteiger charge is 2.38. The van der Waals surface area contributed by atoms with E-state index in [9.17, 15) is 9.59 Å². The number of rotatable bonds is 5. The van der Waals surface area contributed by atoms with Crippen molar-refractivity contribution in [2.45, 2.75) is 26.3 Å². The molecule has 0 aromatic heterocycles. The van der Waals surface area contributed by atoms with E-state index in [4.69, 9.17) is 4.74 Å². The molecule has 0 saturated carbocycles. The molecule has 0 unspecified atom stereocenters. The lowest BCUT2D eigenvalue weighted by Gasteiger charge is -2.38. The SMILES string of the molecule is COc1ccc(CNC(=O)C2(C)CCN(C(=O)Nc3ccccc3Br)CC2)cc1. The number of carbonyl (C=O) groups excluding carboxylic acids is 2. The fraction of sp³-hybridized carbons (Fsp3) is 0.364. The molecule has 1 aliphatic heterocycles. The van der Waals surface area contributed by atoms with Gasteiger partial charge in [-0.25, -0.2) is 4.79 Å². The Morgan fingerprint density at radius 1 is 1.10 bits per heavy atom. The van der Waals surface area contributed by atoms with Crippen LogP contribution in [-0.4, -0.2) is 37.0 Å². The Kier molecular flexibility index (Phi) is 6.79. The topological polar surface area (TPSA) is 70.7 Å². The number of hydrogen-bond donors (Lipinski definition) is 2. The van der Waals surface area contributed by atoms with Crippen LogP contribution in [-0.2, 0) is 11.3 Å². The fourth-order valence-corrected chi connectivity index (χ4v) is 3.71. The van der Waals surface area contributed by atoms with Crippen LogP contribution in [0.3, 0.4) is 0 Å². The molecule has 0 bridgehead atoms. The van der Waals surface area contributed by atoms with Crippen molar-refractivity contribution < 1.29 is 14.3 Å². The molecule has 2 aromatic rings. The van der Waals surface area contributed by atoms with Gasteiger partial charge >= 0.3 is 6.03 Å². The molecule has 154 valence electrons. The number of methoxy groups -OCH3 is 1. The largest absolute Gasteiger partial charge is 0.497 e. The normalized spacial score (nSPS) is 15.5. The maximum absolute atomic E-state index is 12.8. The first-order valence-corrected chi connectivity index (χ1v) is 10.4. The molecule has 2 N–H and O–H groups in total. The van der Waals surface area contributed by atoms with Crippen molar-refractivity contribution in [2.24, 2.45) is 5.41 Å². The van der Waals surface area contributed by atoms with Crippen molar-refractivity contribution in [3.05, 3.63) is 58.6 Å². The zero-order valence-electron chi connectivity index (χ0n) is 16.7. The van der Waals surface area contributed by atoms with Crippen molar-refractivity contribution >= 4 is 33.6 Å². The number of likely N-dealkylation sites (tertiary alicyclic amines) is 1. The molecule has 3 rings (SSSR count). The molecule has 3 amide bonds. The number of halogens is 1. The molecule has 6 nitrogen and oxygen atoms in total. The van der Waals surface area contributed by atoms with Gasteiger partial charge in [0.1, 0.15) is 5.75 Å². The monoisotopic (exact) mass is 459 g/mol. The van der Waals surface area contributed by atoms with E-state index in [-0.39, 0.29) is 11.9 Å².